The van der Waals surface area contributed by atoms with Crippen molar-refractivity contribution in [1.82, 2.24) is 5.32 Å². The number of thiophene rings is 1. The molecule has 0 radical (unpaired) electrons. The smallest absolute Gasteiger partial charge is 0.123 e. The molecular weight excluding hydrogens is 265 g/mol. The van der Waals surface area contributed by atoms with Gasteiger partial charge in [-0.1, -0.05) is 0 Å². The summed E-state index contributed by atoms with van der Waals surface area (Å²) in [5, 5.41) is 26.5. The first-order valence-corrected chi connectivity index (χ1v) is 6.94. The van der Waals surface area contributed by atoms with Gasteiger partial charge in [-0.05, 0) is 47.5 Å². The summed E-state index contributed by atoms with van der Waals surface area (Å²) in [6.07, 6.45) is -0.607. The predicted octanol–water partition coefficient (Wildman–Crippen LogP) is 2.98. The summed E-state index contributed by atoms with van der Waals surface area (Å²) in [5.74, 6) is -0.341. The zero-order chi connectivity index (χ0) is 13.8. The maximum Gasteiger partial charge on any atom is 0.123 e. The Balaban J connectivity index is 1.97. The molecule has 1 aromatic carbocycles. The number of nitrogens with one attached hydrogen (secondary N) is 1. The minimum Gasteiger partial charge on any atom is -0.508 e. The lowest BCUT2D eigenvalue weighted by molar-refractivity contribution is 0.171. The molecule has 5 heteroatoms. The molecular formula is C14H16FNO2S. The van der Waals surface area contributed by atoms with E-state index < -0.39 is 6.10 Å². The van der Waals surface area contributed by atoms with Gasteiger partial charge in [0.2, 0.25) is 0 Å². The molecule has 0 bridgehead atoms. The zero-order valence-corrected chi connectivity index (χ0v) is 11.3. The fourth-order valence-electron chi connectivity index (χ4n) is 1.85. The first-order valence-electron chi connectivity index (χ1n) is 6.00. The summed E-state index contributed by atoms with van der Waals surface area (Å²) < 4.78 is 13.1. The molecule has 0 fully saturated rings. The Morgan fingerprint density at radius 1 is 1.37 bits per heavy atom. The van der Waals surface area contributed by atoms with Crippen LogP contribution < -0.4 is 5.32 Å². The molecule has 0 aliphatic heterocycles. The average Bonchev–Trinajstić information content (AvgIpc) is 2.92. The molecule has 19 heavy (non-hydrogen) atoms. The Kier molecular flexibility index (Phi) is 4.52. The maximum atomic E-state index is 13.1. The number of benzene rings is 1. The molecule has 2 rings (SSSR count). The van der Waals surface area contributed by atoms with Crippen LogP contribution in [0.2, 0.25) is 0 Å². The zero-order valence-electron chi connectivity index (χ0n) is 10.5. The minimum absolute atomic E-state index is 0.0476. The van der Waals surface area contributed by atoms with Gasteiger partial charge in [0.05, 0.1) is 6.10 Å². The van der Waals surface area contributed by atoms with E-state index in [2.05, 4.69) is 5.32 Å². The third-order valence-corrected chi connectivity index (χ3v) is 3.70. The van der Waals surface area contributed by atoms with Crippen molar-refractivity contribution in [2.24, 2.45) is 0 Å². The van der Waals surface area contributed by atoms with E-state index in [0.29, 0.717) is 12.1 Å². The number of halogens is 1. The molecule has 0 aliphatic rings. The van der Waals surface area contributed by atoms with Gasteiger partial charge < -0.3 is 15.5 Å². The van der Waals surface area contributed by atoms with Crippen molar-refractivity contribution >= 4 is 11.3 Å². The number of aromatic hydroxyl groups is 1. The van der Waals surface area contributed by atoms with Crippen molar-refractivity contribution in [2.45, 2.75) is 19.1 Å². The SMILES string of the molecule is CC(NCC(O)c1ccsc1)c1cc(F)ccc1O. The van der Waals surface area contributed by atoms with E-state index in [4.69, 9.17) is 0 Å². The van der Waals surface area contributed by atoms with Gasteiger partial charge in [0.15, 0.2) is 0 Å². The molecule has 0 aliphatic carbocycles. The number of phenols is 1. The standard InChI is InChI=1S/C14H16FNO2S/c1-9(12-6-11(15)2-3-13(12)17)16-7-14(18)10-4-5-19-8-10/h2-6,8-9,14,16-18H,7H2,1H3. The molecule has 0 saturated heterocycles. The second-order valence-corrected chi connectivity index (χ2v) is 5.19. The molecule has 102 valence electrons. The Bertz CT molecular complexity index is 530. The van der Waals surface area contributed by atoms with E-state index in [1.165, 1.54) is 29.5 Å². The van der Waals surface area contributed by atoms with Crippen LogP contribution >= 0.6 is 11.3 Å². The molecule has 1 aromatic heterocycles. The highest BCUT2D eigenvalue weighted by molar-refractivity contribution is 7.07. The number of rotatable bonds is 5. The second-order valence-electron chi connectivity index (χ2n) is 4.41. The third kappa shape index (κ3) is 3.53. The predicted molar refractivity (Wildman–Crippen MR) is 73.8 cm³/mol. The molecule has 0 amide bonds. The van der Waals surface area contributed by atoms with E-state index in [1.807, 2.05) is 23.8 Å². The summed E-state index contributed by atoms with van der Waals surface area (Å²) in [6, 6.07) is 5.46. The first kappa shape index (κ1) is 14.0. The van der Waals surface area contributed by atoms with Gasteiger partial charge >= 0.3 is 0 Å². The fourth-order valence-corrected chi connectivity index (χ4v) is 2.56. The summed E-state index contributed by atoms with van der Waals surface area (Å²) in [7, 11) is 0. The quantitative estimate of drug-likeness (QED) is 0.789. The Labute approximate surface area is 115 Å². The Hall–Kier alpha value is -1.43. The topological polar surface area (TPSA) is 52.5 Å². The van der Waals surface area contributed by atoms with Crippen molar-refractivity contribution in [3.63, 3.8) is 0 Å². The molecule has 2 unspecified atom stereocenters. The molecule has 2 aromatic rings. The van der Waals surface area contributed by atoms with Crippen LogP contribution in [0.3, 0.4) is 0 Å². The number of phenolic OH excluding ortho intramolecular Hbond substituents is 1. The Morgan fingerprint density at radius 2 is 2.16 bits per heavy atom. The largest absolute Gasteiger partial charge is 0.508 e. The van der Waals surface area contributed by atoms with Crippen molar-refractivity contribution in [3.8, 4) is 5.75 Å². The van der Waals surface area contributed by atoms with Crippen molar-refractivity contribution in [3.05, 3.63) is 52.0 Å². The summed E-state index contributed by atoms with van der Waals surface area (Å²) in [4.78, 5) is 0. The van der Waals surface area contributed by atoms with Gasteiger partial charge in [0.25, 0.3) is 0 Å². The van der Waals surface area contributed by atoms with Crippen LogP contribution in [-0.2, 0) is 0 Å². The van der Waals surface area contributed by atoms with Gasteiger partial charge in [-0.3, -0.25) is 0 Å². The molecule has 0 spiro atoms. The van der Waals surface area contributed by atoms with E-state index in [0.717, 1.165) is 5.56 Å². The maximum absolute atomic E-state index is 13.1. The van der Waals surface area contributed by atoms with Crippen molar-refractivity contribution in [1.29, 1.82) is 0 Å². The van der Waals surface area contributed by atoms with Gasteiger partial charge in [0, 0.05) is 18.2 Å². The van der Waals surface area contributed by atoms with E-state index >= 15 is 0 Å². The highest BCUT2D eigenvalue weighted by Gasteiger charge is 2.14. The molecule has 1 heterocycles. The highest BCUT2D eigenvalue weighted by Crippen LogP contribution is 2.25. The van der Waals surface area contributed by atoms with Gasteiger partial charge in [-0.25, -0.2) is 4.39 Å². The van der Waals surface area contributed by atoms with Gasteiger partial charge in [0.1, 0.15) is 11.6 Å². The lowest BCUT2D eigenvalue weighted by Crippen LogP contribution is -2.24. The first-order chi connectivity index (χ1) is 9.08. The number of aliphatic hydroxyl groups excluding tert-OH is 1. The molecule has 3 N–H and O–H groups in total. The van der Waals surface area contributed by atoms with Crippen LogP contribution in [0.1, 0.15) is 30.2 Å². The fraction of sp³-hybridized carbons (Fsp3) is 0.286. The van der Waals surface area contributed by atoms with Crippen LogP contribution in [-0.4, -0.2) is 16.8 Å². The van der Waals surface area contributed by atoms with Crippen molar-refractivity contribution in [2.75, 3.05) is 6.54 Å². The van der Waals surface area contributed by atoms with Gasteiger partial charge in [-0.15, -0.1) is 0 Å². The molecule has 2 atom stereocenters. The van der Waals surface area contributed by atoms with E-state index in [1.54, 1.807) is 0 Å². The summed E-state index contributed by atoms with van der Waals surface area (Å²) >= 11 is 1.53. The van der Waals surface area contributed by atoms with E-state index in [-0.39, 0.29) is 17.6 Å². The minimum atomic E-state index is -0.607. The van der Waals surface area contributed by atoms with Gasteiger partial charge in [-0.2, -0.15) is 11.3 Å². The van der Waals surface area contributed by atoms with E-state index in [9.17, 15) is 14.6 Å². The second kappa shape index (κ2) is 6.14. The lowest BCUT2D eigenvalue weighted by atomic mass is 10.1. The number of aliphatic hydroxyl groups is 1. The molecule has 0 saturated carbocycles. The normalized spacial score (nSPS) is 14.3. The molecule has 3 nitrogen and oxygen atoms in total. The number of hydrogen-bond acceptors (Lipinski definition) is 4. The van der Waals surface area contributed by atoms with Crippen molar-refractivity contribution < 1.29 is 14.6 Å². The summed E-state index contributed by atoms with van der Waals surface area (Å²) in [6.45, 7) is 2.16. The third-order valence-electron chi connectivity index (χ3n) is 3.00. The van der Waals surface area contributed by atoms with Crippen LogP contribution in [0.15, 0.2) is 35.0 Å². The van der Waals surface area contributed by atoms with Crippen LogP contribution in [0.4, 0.5) is 4.39 Å². The van der Waals surface area contributed by atoms with Crippen LogP contribution in [0.5, 0.6) is 5.75 Å². The lowest BCUT2D eigenvalue weighted by Gasteiger charge is -2.18. The monoisotopic (exact) mass is 281 g/mol. The summed E-state index contributed by atoms with van der Waals surface area (Å²) in [5.41, 5.74) is 1.34. The van der Waals surface area contributed by atoms with Crippen LogP contribution in [0.25, 0.3) is 0 Å². The number of hydrogen-bond donors (Lipinski definition) is 3. The van der Waals surface area contributed by atoms with Crippen LogP contribution in [0, 0.1) is 5.82 Å². The Morgan fingerprint density at radius 3 is 2.84 bits per heavy atom. The average molecular weight is 281 g/mol. The highest BCUT2D eigenvalue weighted by atomic mass is 32.1.